The van der Waals surface area contributed by atoms with E-state index in [0.717, 1.165) is 31.0 Å². The van der Waals surface area contributed by atoms with E-state index < -0.39 is 0 Å². The van der Waals surface area contributed by atoms with Crippen LogP contribution in [-0.2, 0) is 4.74 Å². The highest BCUT2D eigenvalue weighted by atomic mass is 16.5. The van der Waals surface area contributed by atoms with Crippen LogP contribution in [0.3, 0.4) is 0 Å². The number of aromatic hydroxyl groups is 1. The lowest BCUT2D eigenvalue weighted by Crippen LogP contribution is -2.18. The van der Waals surface area contributed by atoms with Gasteiger partial charge in [-0.25, -0.2) is 0 Å². The molecule has 1 aromatic rings. The molecule has 2 heterocycles. The second kappa shape index (κ2) is 4.37. The summed E-state index contributed by atoms with van der Waals surface area (Å²) < 4.78 is 5.90. The van der Waals surface area contributed by atoms with E-state index in [4.69, 9.17) is 4.74 Å². The number of nitrogens with one attached hydrogen (secondary N) is 1. The van der Waals surface area contributed by atoms with Crippen LogP contribution in [0.5, 0.6) is 5.75 Å². The van der Waals surface area contributed by atoms with Crippen LogP contribution in [-0.4, -0.2) is 30.6 Å². The van der Waals surface area contributed by atoms with Gasteiger partial charge in [-0.3, -0.25) is 4.99 Å². The van der Waals surface area contributed by atoms with Crippen molar-refractivity contribution in [2.24, 2.45) is 10.9 Å². The lowest BCUT2D eigenvalue weighted by atomic mass is 10.1. The Hall–Kier alpha value is -1.55. The number of phenolic OH excluding ortho intramolecular Hbond substituents is 1. The molecule has 2 aliphatic rings. The van der Waals surface area contributed by atoms with Crippen LogP contribution in [0.1, 0.15) is 18.1 Å². The zero-order valence-electron chi connectivity index (χ0n) is 9.60. The minimum Gasteiger partial charge on any atom is -0.508 e. The Labute approximate surface area is 100 Å². The first-order chi connectivity index (χ1) is 8.33. The molecule has 0 bridgehead atoms. The molecule has 90 valence electrons. The second-order valence-electron chi connectivity index (χ2n) is 4.57. The lowest BCUT2D eigenvalue weighted by molar-refractivity contribution is 0.216. The topological polar surface area (TPSA) is 53.9 Å². The Bertz CT molecular complexity index is 422. The van der Waals surface area contributed by atoms with Gasteiger partial charge < -0.3 is 15.2 Å². The number of hydrogen-bond acceptors (Lipinski definition) is 4. The number of nitrogens with zero attached hydrogens (tertiary/aromatic N) is 1. The molecule has 0 aromatic heterocycles. The van der Waals surface area contributed by atoms with Crippen molar-refractivity contribution in [1.82, 2.24) is 5.32 Å². The summed E-state index contributed by atoms with van der Waals surface area (Å²) in [5.74, 6) is 1.62. The maximum Gasteiger partial charge on any atom is 0.188 e. The van der Waals surface area contributed by atoms with E-state index in [-0.39, 0.29) is 11.9 Å². The monoisotopic (exact) mass is 232 g/mol. The maximum absolute atomic E-state index is 9.25. The summed E-state index contributed by atoms with van der Waals surface area (Å²) in [6.07, 6.45) is 1.13. The van der Waals surface area contributed by atoms with Crippen LogP contribution < -0.4 is 5.32 Å². The molecule has 3 rings (SSSR count). The average Bonchev–Trinajstić information content (AvgIpc) is 3.00. The molecule has 0 aliphatic carbocycles. The molecule has 0 spiro atoms. The molecule has 0 radical (unpaired) electrons. The Kier molecular flexibility index (Phi) is 2.73. The van der Waals surface area contributed by atoms with Crippen molar-refractivity contribution < 1.29 is 9.84 Å². The van der Waals surface area contributed by atoms with Gasteiger partial charge in [0.2, 0.25) is 0 Å². The van der Waals surface area contributed by atoms with Crippen LogP contribution in [0.15, 0.2) is 29.3 Å². The fraction of sp³-hybridized carbons (Fsp3) is 0.462. The third-order valence-corrected chi connectivity index (χ3v) is 3.35. The smallest absolute Gasteiger partial charge is 0.188 e. The van der Waals surface area contributed by atoms with Crippen LogP contribution >= 0.6 is 0 Å². The molecular weight excluding hydrogens is 216 g/mol. The SMILES string of the molecule is Oc1ccc(C2CN=C(C3CCNC3)O2)cc1. The molecule has 1 saturated heterocycles. The van der Waals surface area contributed by atoms with Crippen LogP contribution in [0.2, 0.25) is 0 Å². The fourth-order valence-corrected chi connectivity index (χ4v) is 2.35. The predicted molar refractivity (Wildman–Crippen MR) is 65.2 cm³/mol. The fourth-order valence-electron chi connectivity index (χ4n) is 2.35. The van der Waals surface area contributed by atoms with Crippen molar-refractivity contribution in [3.8, 4) is 5.75 Å². The molecule has 2 N–H and O–H groups in total. The molecular formula is C13H16N2O2. The normalized spacial score (nSPS) is 27.9. The summed E-state index contributed by atoms with van der Waals surface area (Å²) >= 11 is 0. The molecule has 0 amide bonds. The van der Waals surface area contributed by atoms with Gasteiger partial charge in [0, 0.05) is 12.5 Å². The van der Waals surface area contributed by atoms with Gasteiger partial charge in [0.05, 0.1) is 6.54 Å². The highest BCUT2D eigenvalue weighted by Crippen LogP contribution is 2.27. The van der Waals surface area contributed by atoms with Gasteiger partial charge >= 0.3 is 0 Å². The Balaban J connectivity index is 1.67. The number of rotatable bonds is 2. The summed E-state index contributed by atoms with van der Waals surface area (Å²) in [6.45, 7) is 2.72. The van der Waals surface area contributed by atoms with E-state index in [2.05, 4.69) is 10.3 Å². The molecule has 1 fully saturated rings. The first-order valence-electron chi connectivity index (χ1n) is 6.03. The standard InChI is InChI=1S/C13H16N2O2/c16-11-3-1-9(2-4-11)12-8-15-13(17-12)10-5-6-14-7-10/h1-4,10,12,14,16H,5-8H2. The molecule has 4 heteroatoms. The van der Waals surface area contributed by atoms with Gasteiger partial charge in [0.1, 0.15) is 11.9 Å². The first-order valence-corrected chi connectivity index (χ1v) is 6.03. The Morgan fingerprint density at radius 2 is 2.12 bits per heavy atom. The quantitative estimate of drug-likeness (QED) is 0.812. The van der Waals surface area contributed by atoms with Gasteiger partial charge in [0.25, 0.3) is 0 Å². The number of ether oxygens (including phenoxy) is 1. The van der Waals surface area contributed by atoms with Crippen LogP contribution in [0, 0.1) is 5.92 Å². The van der Waals surface area contributed by atoms with Crippen molar-refractivity contribution in [1.29, 1.82) is 0 Å². The largest absolute Gasteiger partial charge is 0.508 e. The van der Waals surface area contributed by atoms with Crippen LogP contribution in [0.25, 0.3) is 0 Å². The number of hydrogen-bond donors (Lipinski definition) is 2. The minimum absolute atomic E-state index is 0.0196. The van der Waals surface area contributed by atoms with E-state index in [1.807, 2.05) is 12.1 Å². The molecule has 4 nitrogen and oxygen atoms in total. The molecule has 17 heavy (non-hydrogen) atoms. The Morgan fingerprint density at radius 3 is 2.82 bits per heavy atom. The molecule has 2 atom stereocenters. The van der Waals surface area contributed by atoms with Crippen LogP contribution in [0.4, 0.5) is 0 Å². The number of phenols is 1. The van der Waals surface area contributed by atoms with E-state index in [1.54, 1.807) is 12.1 Å². The molecule has 2 aliphatic heterocycles. The van der Waals surface area contributed by atoms with Gasteiger partial charge in [-0.15, -0.1) is 0 Å². The Morgan fingerprint density at radius 1 is 1.29 bits per heavy atom. The minimum atomic E-state index is 0.0196. The van der Waals surface area contributed by atoms with Gasteiger partial charge in [-0.2, -0.15) is 0 Å². The average molecular weight is 232 g/mol. The van der Waals surface area contributed by atoms with Crippen molar-refractivity contribution in [2.45, 2.75) is 12.5 Å². The van der Waals surface area contributed by atoms with E-state index in [9.17, 15) is 5.11 Å². The second-order valence-corrected chi connectivity index (χ2v) is 4.57. The third-order valence-electron chi connectivity index (χ3n) is 3.35. The van der Waals surface area contributed by atoms with Crippen molar-refractivity contribution in [3.05, 3.63) is 29.8 Å². The van der Waals surface area contributed by atoms with Crippen molar-refractivity contribution in [2.75, 3.05) is 19.6 Å². The molecule has 1 aromatic carbocycles. The predicted octanol–water partition coefficient (Wildman–Crippen LogP) is 1.47. The highest BCUT2D eigenvalue weighted by Gasteiger charge is 2.29. The van der Waals surface area contributed by atoms with Crippen molar-refractivity contribution in [3.63, 3.8) is 0 Å². The number of aliphatic imine (C=N–C) groups is 1. The van der Waals surface area contributed by atoms with Gasteiger partial charge in [-0.05, 0) is 30.7 Å². The van der Waals surface area contributed by atoms with Gasteiger partial charge in [0.15, 0.2) is 5.90 Å². The third kappa shape index (κ3) is 2.13. The summed E-state index contributed by atoms with van der Waals surface area (Å²) in [5.41, 5.74) is 1.08. The summed E-state index contributed by atoms with van der Waals surface area (Å²) in [6, 6.07) is 7.17. The zero-order chi connectivity index (χ0) is 11.7. The van der Waals surface area contributed by atoms with Gasteiger partial charge in [-0.1, -0.05) is 12.1 Å². The molecule has 2 unspecified atom stereocenters. The summed E-state index contributed by atoms with van der Waals surface area (Å²) in [4.78, 5) is 4.49. The lowest BCUT2D eigenvalue weighted by Gasteiger charge is -2.14. The zero-order valence-corrected chi connectivity index (χ0v) is 9.60. The van der Waals surface area contributed by atoms with Crippen molar-refractivity contribution >= 4 is 5.90 Å². The summed E-state index contributed by atoms with van der Waals surface area (Å²) in [5, 5.41) is 12.6. The maximum atomic E-state index is 9.25. The highest BCUT2D eigenvalue weighted by molar-refractivity contribution is 5.81. The van der Waals surface area contributed by atoms with E-state index in [0.29, 0.717) is 12.5 Å². The first kappa shape index (κ1) is 10.6. The molecule has 0 saturated carbocycles. The van der Waals surface area contributed by atoms with E-state index >= 15 is 0 Å². The van der Waals surface area contributed by atoms with E-state index in [1.165, 1.54) is 0 Å². The number of benzene rings is 1. The summed E-state index contributed by atoms with van der Waals surface area (Å²) in [7, 11) is 0.